The molecule has 0 spiro atoms. The largest absolute Gasteiger partial charge is 0.279 e. The van der Waals surface area contributed by atoms with Crippen molar-refractivity contribution in [3.8, 4) is 0 Å². The van der Waals surface area contributed by atoms with Crippen molar-refractivity contribution in [2.45, 2.75) is 11.5 Å². The molecule has 0 bridgehead atoms. The van der Waals surface area contributed by atoms with Crippen molar-refractivity contribution in [1.29, 1.82) is 0 Å². The Labute approximate surface area is 153 Å². The van der Waals surface area contributed by atoms with E-state index >= 15 is 0 Å². The van der Waals surface area contributed by atoms with Crippen LogP contribution in [-0.4, -0.2) is 19.2 Å². The second-order valence-corrected chi connectivity index (χ2v) is 7.18. The molecular formula is C18H15ClN4OS. The Balaban J connectivity index is 1.70. The zero-order valence-electron chi connectivity index (χ0n) is 13.5. The predicted molar refractivity (Wildman–Crippen MR) is 102 cm³/mol. The van der Waals surface area contributed by atoms with Gasteiger partial charge in [-0.05, 0) is 29.8 Å². The van der Waals surface area contributed by atoms with Crippen molar-refractivity contribution in [3.05, 3.63) is 75.3 Å². The zero-order valence-corrected chi connectivity index (χ0v) is 15.1. The number of nitrogens with zero attached hydrogens (tertiary/aromatic N) is 4. The first-order chi connectivity index (χ1) is 12.1. The Morgan fingerprint density at radius 2 is 1.92 bits per heavy atom. The molecule has 0 saturated heterocycles. The number of aryl methyl sites for hydroxylation is 1. The molecule has 2 aromatic heterocycles. The summed E-state index contributed by atoms with van der Waals surface area (Å²) in [6, 6.07) is 15.4. The SMILES string of the molecule is Cn1c(=O)c2ccccc2n2c(CSCc3cccc(Cl)c3)nnc12. The molecule has 4 aromatic rings. The van der Waals surface area contributed by atoms with Crippen LogP contribution in [0.25, 0.3) is 16.7 Å². The highest BCUT2D eigenvalue weighted by Crippen LogP contribution is 2.21. The Morgan fingerprint density at radius 1 is 1.08 bits per heavy atom. The van der Waals surface area contributed by atoms with Crippen LogP contribution in [0.1, 0.15) is 11.4 Å². The number of para-hydroxylation sites is 1. The molecular weight excluding hydrogens is 356 g/mol. The van der Waals surface area contributed by atoms with Gasteiger partial charge in [-0.15, -0.1) is 22.0 Å². The minimum atomic E-state index is -0.0615. The first-order valence-corrected chi connectivity index (χ1v) is 9.32. The Bertz CT molecular complexity index is 1140. The van der Waals surface area contributed by atoms with E-state index in [0.717, 1.165) is 22.1 Å². The van der Waals surface area contributed by atoms with Gasteiger partial charge in [-0.1, -0.05) is 35.9 Å². The quantitative estimate of drug-likeness (QED) is 0.550. The van der Waals surface area contributed by atoms with Crippen molar-refractivity contribution in [2.24, 2.45) is 7.05 Å². The molecule has 7 heteroatoms. The highest BCUT2D eigenvalue weighted by molar-refractivity contribution is 7.97. The lowest BCUT2D eigenvalue weighted by atomic mass is 10.2. The summed E-state index contributed by atoms with van der Waals surface area (Å²) in [5.41, 5.74) is 1.95. The van der Waals surface area contributed by atoms with Crippen LogP contribution in [0.4, 0.5) is 0 Å². The van der Waals surface area contributed by atoms with Crippen LogP contribution >= 0.6 is 23.4 Å². The molecule has 0 unspecified atom stereocenters. The van der Waals surface area contributed by atoms with Gasteiger partial charge in [0.1, 0.15) is 5.82 Å². The van der Waals surface area contributed by atoms with Crippen LogP contribution in [-0.2, 0) is 18.6 Å². The average molecular weight is 371 g/mol. The fourth-order valence-electron chi connectivity index (χ4n) is 2.87. The molecule has 4 rings (SSSR count). The molecule has 0 amide bonds. The van der Waals surface area contributed by atoms with Crippen molar-refractivity contribution in [2.75, 3.05) is 0 Å². The van der Waals surface area contributed by atoms with E-state index in [9.17, 15) is 4.79 Å². The number of fused-ring (bicyclic) bond motifs is 3. The fourth-order valence-corrected chi connectivity index (χ4v) is 3.97. The summed E-state index contributed by atoms with van der Waals surface area (Å²) in [5, 5.41) is 9.92. The van der Waals surface area contributed by atoms with Crippen LogP contribution in [0.5, 0.6) is 0 Å². The maximum atomic E-state index is 12.4. The third kappa shape index (κ3) is 2.92. The highest BCUT2D eigenvalue weighted by Gasteiger charge is 2.14. The van der Waals surface area contributed by atoms with Crippen molar-refractivity contribution >= 4 is 40.0 Å². The van der Waals surface area contributed by atoms with E-state index < -0.39 is 0 Å². The van der Waals surface area contributed by atoms with E-state index in [1.807, 2.05) is 46.9 Å². The lowest BCUT2D eigenvalue weighted by Crippen LogP contribution is -2.20. The van der Waals surface area contributed by atoms with Gasteiger partial charge >= 0.3 is 0 Å². The van der Waals surface area contributed by atoms with Gasteiger partial charge in [0.15, 0.2) is 0 Å². The molecule has 0 N–H and O–H groups in total. The minimum Gasteiger partial charge on any atom is -0.279 e. The normalized spacial score (nSPS) is 11.4. The molecule has 0 radical (unpaired) electrons. The standard InChI is InChI=1S/C18H15ClN4OS/c1-22-17(24)14-7-2-3-8-15(14)23-16(20-21-18(22)23)11-25-10-12-5-4-6-13(19)9-12/h2-9H,10-11H2,1H3. The van der Waals surface area contributed by atoms with Crippen molar-refractivity contribution in [3.63, 3.8) is 0 Å². The summed E-state index contributed by atoms with van der Waals surface area (Å²) >= 11 is 7.77. The topological polar surface area (TPSA) is 52.2 Å². The van der Waals surface area contributed by atoms with Crippen LogP contribution in [0.15, 0.2) is 53.3 Å². The summed E-state index contributed by atoms with van der Waals surface area (Å²) in [7, 11) is 1.72. The maximum Gasteiger partial charge on any atom is 0.262 e. The van der Waals surface area contributed by atoms with E-state index in [2.05, 4.69) is 16.3 Å². The number of thioether (sulfide) groups is 1. The molecule has 0 aliphatic carbocycles. The molecule has 2 heterocycles. The number of benzene rings is 2. The highest BCUT2D eigenvalue weighted by atomic mass is 35.5. The van der Waals surface area contributed by atoms with E-state index in [4.69, 9.17) is 11.6 Å². The monoisotopic (exact) mass is 370 g/mol. The van der Waals surface area contributed by atoms with Gasteiger partial charge < -0.3 is 0 Å². The number of hydrogen-bond acceptors (Lipinski definition) is 4. The maximum absolute atomic E-state index is 12.4. The Morgan fingerprint density at radius 3 is 2.76 bits per heavy atom. The molecule has 0 aliphatic heterocycles. The Kier molecular flexibility index (Phi) is 4.23. The van der Waals surface area contributed by atoms with Gasteiger partial charge in [0.25, 0.3) is 5.56 Å². The van der Waals surface area contributed by atoms with E-state index in [1.165, 1.54) is 5.56 Å². The molecule has 0 saturated carbocycles. The Hall–Kier alpha value is -2.31. The average Bonchev–Trinajstić information content (AvgIpc) is 3.04. The minimum absolute atomic E-state index is 0.0615. The van der Waals surface area contributed by atoms with E-state index in [0.29, 0.717) is 16.9 Å². The smallest absolute Gasteiger partial charge is 0.262 e. The van der Waals surface area contributed by atoms with Gasteiger partial charge in [-0.2, -0.15) is 0 Å². The molecule has 0 aliphatic rings. The lowest BCUT2D eigenvalue weighted by Gasteiger charge is -2.07. The second kappa shape index (κ2) is 6.54. The van der Waals surface area contributed by atoms with Gasteiger partial charge in [0.05, 0.1) is 16.7 Å². The number of hydrogen-bond donors (Lipinski definition) is 0. The number of aromatic nitrogens is 4. The fraction of sp³-hybridized carbons (Fsp3) is 0.167. The molecule has 5 nitrogen and oxygen atoms in total. The third-order valence-electron chi connectivity index (χ3n) is 4.08. The third-order valence-corrected chi connectivity index (χ3v) is 5.32. The van der Waals surface area contributed by atoms with Gasteiger partial charge in [0.2, 0.25) is 5.78 Å². The van der Waals surface area contributed by atoms with Gasteiger partial charge in [-0.3, -0.25) is 13.8 Å². The lowest BCUT2D eigenvalue weighted by molar-refractivity contribution is 0.858. The van der Waals surface area contributed by atoms with Crippen molar-refractivity contribution in [1.82, 2.24) is 19.2 Å². The van der Waals surface area contributed by atoms with Crippen molar-refractivity contribution < 1.29 is 0 Å². The second-order valence-electron chi connectivity index (χ2n) is 5.76. The summed E-state index contributed by atoms with van der Waals surface area (Å²) in [4.78, 5) is 12.4. The van der Waals surface area contributed by atoms with Gasteiger partial charge in [-0.25, -0.2) is 0 Å². The number of rotatable bonds is 4. The summed E-state index contributed by atoms with van der Waals surface area (Å²) < 4.78 is 3.50. The molecule has 0 atom stereocenters. The first kappa shape index (κ1) is 16.2. The van der Waals surface area contributed by atoms with Crippen LogP contribution < -0.4 is 5.56 Å². The summed E-state index contributed by atoms with van der Waals surface area (Å²) in [5.74, 6) is 2.91. The van der Waals surface area contributed by atoms with Crippen LogP contribution in [0.2, 0.25) is 5.02 Å². The predicted octanol–water partition coefficient (Wildman–Crippen LogP) is 3.67. The summed E-state index contributed by atoms with van der Waals surface area (Å²) in [6.45, 7) is 0. The zero-order chi connectivity index (χ0) is 17.4. The summed E-state index contributed by atoms with van der Waals surface area (Å²) in [6.07, 6.45) is 0. The van der Waals surface area contributed by atoms with Crippen LogP contribution in [0.3, 0.4) is 0 Å². The first-order valence-electron chi connectivity index (χ1n) is 7.79. The molecule has 2 aromatic carbocycles. The van der Waals surface area contributed by atoms with Crippen LogP contribution in [0, 0.1) is 0 Å². The van der Waals surface area contributed by atoms with Gasteiger partial charge in [0, 0.05) is 17.8 Å². The molecule has 25 heavy (non-hydrogen) atoms. The number of halogens is 1. The van der Waals surface area contributed by atoms with E-state index in [-0.39, 0.29) is 5.56 Å². The molecule has 126 valence electrons. The molecule has 0 fully saturated rings. The van der Waals surface area contributed by atoms with E-state index in [1.54, 1.807) is 23.4 Å².